The summed E-state index contributed by atoms with van der Waals surface area (Å²) < 4.78 is 0. The molecule has 3 heteroatoms. The van der Waals surface area contributed by atoms with E-state index >= 15 is 0 Å². The van der Waals surface area contributed by atoms with Gasteiger partial charge in [-0.3, -0.25) is 0 Å². The smallest absolute Gasteiger partial charge is 0.0641 e. The summed E-state index contributed by atoms with van der Waals surface area (Å²) in [4.78, 5) is 0. The highest BCUT2D eigenvalue weighted by atomic mass is 12.9. The van der Waals surface area contributed by atoms with Crippen molar-refractivity contribution in [2.45, 2.75) is 6.82 Å². The monoisotopic (exact) mass is 52.1 g/mol. The highest BCUT2D eigenvalue weighted by Gasteiger charge is 1.77. The zero-order chi connectivity index (χ0) is 3.58. The van der Waals surface area contributed by atoms with Crippen molar-refractivity contribution in [3.63, 3.8) is 0 Å². The van der Waals surface area contributed by atoms with Gasteiger partial charge in [-0.15, -0.1) is 0 Å². The van der Waals surface area contributed by atoms with E-state index in [-0.39, 0.29) is 0 Å². The van der Waals surface area contributed by atoms with Gasteiger partial charge in [0.15, 0.2) is 0 Å². The van der Waals surface area contributed by atoms with Crippen LogP contribution in [0.1, 0.15) is 0 Å². The zero-order valence-corrected chi connectivity index (χ0v) is 3.58. The maximum absolute atomic E-state index is 2.17. The van der Waals surface area contributed by atoms with Gasteiger partial charge in [0.05, 0.1) is 22.0 Å². The highest BCUT2D eigenvalue weighted by molar-refractivity contribution is 7.28. The largest absolute Gasteiger partial charge is 0.1000 e. The lowest BCUT2D eigenvalue weighted by Crippen LogP contribution is -2.03. The van der Waals surface area contributed by atoms with Crippen LogP contribution in [0.15, 0.2) is 0 Å². The summed E-state index contributed by atoms with van der Waals surface area (Å²) in [7, 11) is 4.33. The second-order valence-electron chi connectivity index (χ2n) is 1.73. The van der Waals surface area contributed by atoms with Gasteiger partial charge in [-0.25, -0.2) is 0 Å². The molecule has 0 radical (unpaired) electrons. The van der Waals surface area contributed by atoms with E-state index in [9.17, 15) is 0 Å². The predicted octanol–water partition coefficient (Wildman–Crippen LogP) is -1.63. The summed E-state index contributed by atoms with van der Waals surface area (Å²) in [5, 5.41) is 0. The quantitative estimate of drug-likeness (QED) is 0.290. The fourth-order valence-corrected chi connectivity index (χ4v) is 0. The van der Waals surface area contributed by atoms with Crippen molar-refractivity contribution >= 4 is 22.0 Å². The average molecular weight is 51.5 g/mol. The van der Waals surface area contributed by atoms with Gasteiger partial charge in [0.25, 0.3) is 0 Å². The minimum atomic E-state index is 0.833. The molecule has 0 saturated heterocycles. The Morgan fingerprint density at radius 1 is 1.50 bits per heavy atom. The summed E-state index contributed by atoms with van der Waals surface area (Å²) >= 11 is 0. The molecule has 0 saturated carbocycles. The second-order valence-corrected chi connectivity index (χ2v) is 1.73. The van der Waals surface area contributed by atoms with Crippen molar-refractivity contribution in [3.8, 4) is 0 Å². The molecule has 0 amide bonds. The molecular formula is CH7B3. The Bertz CT molecular complexity index is 8.00. The lowest BCUT2D eigenvalue weighted by atomic mass is 9.21. The first-order valence-corrected chi connectivity index (χ1v) is 1.73. The number of rotatable bonds is 0. The van der Waals surface area contributed by atoms with E-state index in [2.05, 4.69) is 22.3 Å². The Labute approximate surface area is 29.8 Å². The molecule has 0 aromatic carbocycles. The molecule has 0 aromatic heterocycles. The van der Waals surface area contributed by atoms with Crippen molar-refractivity contribution in [2.75, 3.05) is 0 Å². The Morgan fingerprint density at radius 3 is 1.50 bits per heavy atom. The summed E-state index contributed by atoms with van der Waals surface area (Å²) in [6, 6.07) is 0. The molecule has 0 nitrogen and oxygen atoms in total. The zero-order valence-electron chi connectivity index (χ0n) is 3.58. The minimum absolute atomic E-state index is 0.833. The molecule has 0 aliphatic carbocycles. The van der Waals surface area contributed by atoms with Crippen molar-refractivity contribution in [2.24, 2.45) is 0 Å². The molecule has 0 atom stereocenters. The number of hydrogen-bond donors (Lipinski definition) is 0. The van der Waals surface area contributed by atoms with E-state index in [0.29, 0.717) is 0 Å². The van der Waals surface area contributed by atoms with Crippen LogP contribution in [-0.4, -0.2) is 22.0 Å². The minimum Gasteiger partial charge on any atom is -0.1000 e. The van der Waals surface area contributed by atoms with Crippen LogP contribution < -0.4 is 0 Å². The topological polar surface area (TPSA) is 0 Å². The summed E-state index contributed by atoms with van der Waals surface area (Å²) in [5.41, 5.74) is 0. The summed E-state index contributed by atoms with van der Waals surface area (Å²) in [5.74, 6) is 0. The first kappa shape index (κ1) is 4.19. The SMILES string of the molecule is BB(B)C. The molecule has 20 valence electrons. The average Bonchev–Trinajstić information content (AvgIpc) is 0.811. The third kappa shape index (κ3) is 82.6. The molecule has 0 heterocycles. The van der Waals surface area contributed by atoms with E-state index in [1.807, 2.05) is 0 Å². The van der Waals surface area contributed by atoms with Crippen LogP contribution in [0.3, 0.4) is 0 Å². The van der Waals surface area contributed by atoms with Gasteiger partial charge in [-0.2, -0.15) is 0 Å². The molecule has 0 bridgehead atoms. The number of hydrogen-bond acceptors (Lipinski definition) is 0. The van der Waals surface area contributed by atoms with Crippen molar-refractivity contribution < 1.29 is 0 Å². The lowest BCUT2D eigenvalue weighted by Gasteiger charge is -1.70. The standard InChI is InChI=1S/CH7B3/c1-4(2)3/h2-3H2,1H3. The van der Waals surface area contributed by atoms with Gasteiger partial charge >= 0.3 is 0 Å². The van der Waals surface area contributed by atoms with Crippen LogP contribution in [0.5, 0.6) is 0 Å². The lowest BCUT2D eigenvalue weighted by molar-refractivity contribution is 2.34. The molecule has 0 unspecified atom stereocenters. The molecule has 0 fully saturated rings. The second kappa shape index (κ2) is 1.51. The Kier molecular flexibility index (Phi) is 1.58. The normalized spacial score (nSPS) is 6.25. The van der Waals surface area contributed by atoms with Crippen LogP contribution in [0.2, 0.25) is 6.82 Å². The molecular weight excluding hydrogens is 44.4 g/mol. The van der Waals surface area contributed by atoms with Crippen molar-refractivity contribution in [3.05, 3.63) is 0 Å². The van der Waals surface area contributed by atoms with E-state index in [1.165, 1.54) is 0 Å². The maximum atomic E-state index is 2.17. The third-order valence-corrected chi connectivity index (χ3v) is 0. The molecule has 0 N–H and O–H groups in total. The Balaban J connectivity index is 2.32. The van der Waals surface area contributed by atoms with Crippen LogP contribution >= 0.6 is 0 Å². The summed E-state index contributed by atoms with van der Waals surface area (Å²) in [6.07, 6.45) is 0. The van der Waals surface area contributed by atoms with Crippen LogP contribution in [0, 0.1) is 0 Å². The molecule has 4 heavy (non-hydrogen) atoms. The third-order valence-electron chi connectivity index (χ3n) is 0. The van der Waals surface area contributed by atoms with Crippen LogP contribution in [-0.2, 0) is 0 Å². The molecule has 0 spiro atoms. The van der Waals surface area contributed by atoms with Crippen LogP contribution in [0.25, 0.3) is 0 Å². The molecule has 0 aromatic rings. The van der Waals surface area contributed by atoms with E-state index < -0.39 is 0 Å². The fourth-order valence-electron chi connectivity index (χ4n) is 0. The van der Waals surface area contributed by atoms with Gasteiger partial charge in [-0.05, 0) is 0 Å². The van der Waals surface area contributed by atoms with E-state index in [0.717, 1.165) is 6.49 Å². The van der Waals surface area contributed by atoms with Gasteiger partial charge in [0, 0.05) is 0 Å². The maximum Gasteiger partial charge on any atom is 0.0641 e. The first-order valence-electron chi connectivity index (χ1n) is 1.73. The molecule has 0 rings (SSSR count). The van der Waals surface area contributed by atoms with Crippen molar-refractivity contribution in [1.29, 1.82) is 0 Å². The Hall–Kier alpha value is 0.195. The van der Waals surface area contributed by atoms with Crippen molar-refractivity contribution in [1.82, 2.24) is 0 Å². The molecule has 0 aliphatic rings. The van der Waals surface area contributed by atoms with Gasteiger partial charge < -0.3 is 0 Å². The van der Waals surface area contributed by atoms with Gasteiger partial charge in [0.2, 0.25) is 0 Å². The predicted molar refractivity (Wildman–Crippen MR) is 28.7 cm³/mol. The fraction of sp³-hybridized carbons (Fsp3) is 1.00. The first-order chi connectivity index (χ1) is 1.73. The van der Waals surface area contributed by atoms with E-state index in [1.54, 1.807) is 0 Å². The molecule has 0 aliphatic heterocycles. The summed E-state index contributed by atoms with van der Waals surface area (Å²) in [6.45, 7) is 3.00. The highest BCUT2D eigenvalue weighted by Crippen LogP contribution is 1.48. The van der Waals surface area contributed by atoms with Gasteiger partial charge in [-0.1, -0.05) is 6.82 Å². The van der Waals surface area contributed by atoms with E-state index in [4.69, 9.17) is 0 Å². The van der Waals surface area contributed by atoms with Gasteiger partial charge in [0.1, 0.15) is 0 Å². The Morgan fingerprint density at radius 2 is 1.50 bits per heavy atom. The van der Waals surface area contributed by atoms with Crippen LogP contribution in [0.4, 0.5) is 0 Å².